The van der Waals surface area contributed by atoms with E-state index < -0.39 is 5.97 Å². The van der Waals surface area contributed by atoms with E-state index in [1.54, 1.807) is 4.68 Å². The molecule has 6 heteroatoms. The van der Waals surface area contributed by atoms with Gasteiger partial charge in [0.15, 0.2) is 5.82 Å². The second-order valence-electron chi connectivity index (χ2n) is 5.27. The predicted octanol–water partition coefficient (Wildman–Crippen LogP) is 3.39. The van der Waals surface area contributed by atoms with E-state index in [0.29, 0.717) is 18.7 Å². The van der Waals surface area contributed by atoms with Crippen molar-refractivity contribution in [2.45, 2.75) is 12.8 Å². The number of carbonyl (C=O) groups excluding carboxylic acids is 1. The lowest BCUT2D eigenvalue weighted by atomic mass is 10.2. The highest BCUT2D eigenvalue weighted by molar-refractivity contribution is 5.86. The molecule has 25 heavy (non-hydrogen) atoms. The SMILES string of the molecule is N#CCCCOC(=O)c1nc(-c2ccccc2)n(-c2ccccc2)n1. The maximum Gasteiger partial charge on any atom is 0.378 e. The van der Waals surface area contributed by atoms with Crippen molar-refractivity contribution in [3.63, 3.8) is 0 Å². The summed E-state index contributed by atoms with van der Waals surface area (Å²) < 4.78 is 6.77. The second-order valence-corrected chi connectivity index (χ2v) is 5.27. The molecule has 0 saturated heterocycles. The number of aromatic nitrogens is 3. The van der Waals surface area contributed by atoms with Crippen LogP contribution in [0, 0.1) is 11.3 Å². The summed E-state index contributed by atoms with van der Waals surface area (Å²) in [5, 5.41) is 12.8. The minimum atomic E-state index is -0.593. The van der Waals surface area contributed by atoms with E-state index in [1.165, 1.54) is 0 Å². The van der Waals surface area contributed by atoms with Crippen molar-refractivity contribution < 1.29 is 9.53 Å². The van der Waals surface area contributed by atoms with E-state index >= 15 is 0 Å². The van der Waals surface area contributed by atoms with Crippen LogP contribution < -0.4 is 0 Å². The first-order chi connectivity index (χ1) is 12.3. The number of esters is 1. The molecule has 124 valence electrons. The molecule has 0 unspecified atom stereocenters. The van der Waals surface area contributed by atoms with E-state index in [4.69, 9.17) is 10.00 Å². The molecule has 0 aliphatic heterocycles. The molecule has 0 fully saturated rings. The van der Waals surface area contributed by atoms with Crippen molar-refractivity contribution in [2.75, 3.05) is 6.61 Å². The van der Waals surface area contributed by atoms with E-state index in [1.807, 2.05) is 66.7 Å². The third-order valence-electron chi connectivity index (χ3n) is 3.49. The van der Waals surface area contributed by atoms with Gasteiger partial charge >= 0.3 is 5.97 Å². The van der Waals surface area contributed by atoms with Gasteiger partial charge in [-0.1, -0.05) is 48.5 Å². The number of carbonyl (C=O) groups is 1. The summed E-state index contributed by atoms with van der Waals surface area (Å²) in [4.78, 5) is 16.6. The topological polar surface area (TPSA) is 80.8 Å². The van der Waals surface area contributed by atoms with Crippen LogP contribution in [0.1, 0.15) is 23.5 Å². The molecule has 1 heterocycles. The summed E-state index contributed by atoms with van der Waals surface area (Å²) in [7, 11) is 0. The van der Waals surface area contributed by atoms with Crippen LogP contribution in [0.3, 0.4) is 0 Å². The maximum atomic E-state index is 12.2. The average molecular weight is 332 g/mol. The zero-order valence-corrected chi connectivity index (χ0v) is 13.5. The van der Waals surface area contributed by atoms with E-state index in [-0.39, 0.29) is 12.4 Å². The fourth-order valence-corrected chi connectivity index (χ4v) is 2.30. The maximum absolute atomic E-state index is 12.2. The summed E-state index contributed by atoms with van der Waals surface area (Å²) in [5.74, 6) is -0.0276. The summed E-state index contributed by atoms with van der Waals surface area (Å²) in [6.07, 6.45) is 0.835. The standard InChI is InChI=1S/C19H16N4O2/c20-13-7-8-14-25-19(24)17-21-18(15-9-3-1-4-10-15)23(22-17)16-11-5-2-6-12-16/h1-6,9-12H,7-8,14H2. The number of unbranched alkanes of at least 4 members (excludes halogenated alkanes) is 1. The minimum absolute atomic E-state index is 0.000311. The average Bonchev–Trinajstić information content (AvgIpc) is 3.12. The highest BCUT2D eigenvalue weighted by atomic mass is 16.5. The van der Waals surface area contributed by atoms with Crippen molar-refractivity contribution in [1.29, 1.82) is 5.26 Å². The third-order valence-corrected chi connectivity index (χ3v) is 3.49. The van der Waals surface area contributed by atoms with Crippen LogP contribution in [-0.2, 0) is 4.74 Å². The third kappa shape index (κ3) is 3.90. The highest BCUT2D eigenvalue weighted by Crippen LogP contribution is 2.21. The Labute approximate surface area is 145 Å². The van der Waals surface area contributed by atoms with Gasteiger partial charge in [-0.05, 0) is 18.6 Å². The molecule has 3 aromatic rings. The number of benzene rings is 2. The molecular weight excluding hydrogens is 316 g/mol. The van der Waals surface area contributed by atoms with Crippen molar-refractivity contribution in [3.05, 3.63) is 66.5 Å². The summed E-state index contributed by atoms with van der Waals surface area (Å²) in [5.41, 5.74) is 1.65. The molecule has 2 aromatic carbocycles. The number of hydrogen-bond acceptors (Lipinski definition) is 5. The lowest BCUT2D eigenvalue weighted by Crippen LogP contribution is -2.09. The lowest BCUT2D eigenvalue weighted by Gasteiger charge is -2.05. The number of hydrogen-bond donors (Lipinski definition) is 0. The van der Waals surface area contributed by atoms with Gasteiger partial charge in [0, 0.05) is 12.0 Å². The first-order valence-electron chi connectivity index (χ1n) is 7.91. The van der Waals surface area contributed by atoms with Gasteiger partial charge in [-0.2, -0.15) is 5.26 Å². The van der Waals surface area contributed by atoms with E-state index in [0.717, 1.165) is 11.3 Å². The number of nitrogens with zero attached hydrogens (tertiary/aromatic N) is 4. The molecule has 0 radical (unpaired) electrons. The number of ether oxygens (including phenoxy) is 1. The molecule has 0 bridgehead atoms. The Kier molecular flexibility index (Phi) is 5.17. The van der Waals surface area contributed by atoms with Gasteiger partial charge in [0.05, 0.1) is 18.4 Å². The first-order valence-corrected chi connectivity index (χ1v) is 7.91. The fraction of sp³-hybridized carbons (Fsp3) is 0.158. The van der Waals surface area contributed by atoms with Crippen molar-refractivity contribution in [3.8, 4) is 23.1 Å². The number of nitriles is 1. The smallest absolute Gasteiger partial charge is 0.378 e. The highest BCUT2D eigenvalue weighted by Gasteiger charge is 2.19. The molecule has 0 atom stereocenters. The van der Waals surface area contributed by atoms with Gasteiger partial charge < -0.3 is 4.74 Å². The molecular formula is C19H16N4O2. The Morgan fingerprint density at radius 1 is 1.08 bits per heavy atom. The zero-order valence-electron chi connectivity index (χ0n) is 13.5. The molecule has 0 aliphatic carbocycles. The normalized spacial score (nSPS) is 10.2. The van der Waals surface area contributed by atoms with Crippen molar-refractivity contribution >= 4 is 5.97 Å². The first kappa shape index (κ1) is 16.4. The van der Waals surface area contributed by atoms with E-state index in [2.05, 4.69) is 10.1 Å². The summed E-state index contributed by atoms with van der Waals surface area (Å²) >= 11 is 0. The monoisotopic (exact) mass is 332 g/mol. The van der Waals surface area contributed by atoms with Crippen LogP contribution in [0.25, 0.3) is 17.1 Å². The molecule has 1 aromatic heterocycles. The largest absolute Gasteiger partial charge is 0.460 e. The molecule has 3 rings (SSSR count). The van der Waals surface area contributed by atoms with Gasteiger partial charge in [-0.25, -0.2) is 14.5 Å². The van der Waals surface area contributed by atoms with Gasteiger partial charge in [0.1, 0.15) is 0 Å². The van der Waals surface area contributed by atoms with Crippen LogP contribution in [0.4, 0.5) is 0 Å². The Balaban J connectivity index is 1.93. The lowest BCUT2D eigenvalue weighted by molar-refractivity contribution is 0.0487. The van der Waals surface area contributed by atoms with Gasteiger partial charge in [-0.3, -0.25) is 0 Å². The Hall–Kier alpha value is -3.46. The summed E-state index contributed by atoms with van der Waals surface area (Å²) in [6, 6.07) is 21.0. The van der Waals surface area contributed by atoms with Crippen molar-refractivity contribution in [2.24, 2.45) is 0 Å². The fourth-order valence-electron chi connectivity index (χ4n) is 2.30. The molecule has 0 spiro atoms. The van der Waals surface area contributed by atoms with Crippen LogP contribution in [0.5, 0.6) is 0 Å². The summed E-state index contributed by atoms with van der Waals surface area (Å²) in [6.45, 7) is 0.174. The number of para-hydroxylation sites is 1. The second kappa shape index (κ2) is 7.88. The Bertz CT molecular complexity index is 826. The van der Waals surface area contributed by atoms with Crippen LogP contribution in [0.15, 0.2) is 60.7 Å². The minimum Gasteiger partial charge on any atom is -0.460 e. The van der Waals surface area contributed by atoms with Crippen molar-refractivity contribution in [1.82, 2.24) is 14.8 Å². The van der Waals surface area contributed by atoms with E-state index in [9.17, 15) is 4.79 Å². The number of rotatable bonds is 6. The molecule has 0 amide bonds. The van der Waals surface area contributed by atoms with Crippen LogP contribution in [-0.4, -0.2) is 27.3 Å². The molecule has 6 nitrogen and oxygen atoms in total. The molecule has 0 N–H and O–H groups in total. The van der Waals surface area contributed by atoms with Gasteiger partial charge in [0.25, 0.3) is 5.82 Å². The Morgan fingerprint density at radius 3 is 2.44 bits per heavy atom. The molecule has 0 saturated carbocycles. The quantitative estimate of drug-likeness (QED) is 0.510. The van der Waals surface area contributed by atoms with Gasteiger partial charge in [-0.15, -0.1) is 5.10 Å². The van der Waals surface area contributed by atoms with Gasteiger partial charge in [0.2, 0.25) is 0 Å². The predicted molar refractivity (Wildman–Crippen MR) is 91.9 cm³/mol. The Morgan fingerprint density at radius 2 is 1.76 bits per heavy atom. The molecule has 0 aliphatic rings. The van der Waals surface area contributed by atoms with Crippen LogP contribution in [0.2, 0.25) is 0 Å². The van der Waals surface area contributed by atoms with Crippen LogP contribution >= 0.6 is 0 Å². The zero-order chi connectivity index (χ0) is 17.5.